The second-order valence-corrected chi connectivity index (χ2v) is 5.06. The summed E-state index contributed by atoms with van der Waals surface area (Å²) in [4.78, 5) is 2.45. The van der Waals surface area contributed by atoms with Gasteiger partial charge in [0.2, 0.25) is 0 Å². The van der Waals surface area contributed by atoms with Gasteiger partial charge >= 0.3 is 0 Å². The molecule has 1 saturated heterocycles. The van der Waals surface area contributed by atoms with E-state index in [1.165, 1.54) is 12.8 Å². The molecule has 1 aliphatic heterocycles. The van der Waals surface area contributed by atoms with Gasteiger partial charge in [0.25, 0.3) is 0 Å². The molecule has 0 spiro atoms. The molecule has 1 saturated carbocycles. The van der Waals surface area contributed by atoms with E-state index in [4.69, 9.17) is 4.74 Å². The second kappa shape index (κ2) is 5.86. The first-order chi connectivity index (χ1) is 8.29. The van der Waals surface area contributed by atoms with Gasteiger partial charge in [0, 0.05) is 25.0 Å². The molecule has 0 amide bonds. The molecule has 2 fully saturated rings. The molecule has 1 heterocycles. The molecule has 1 aliphatic carbocycles. The number of nitrogens with zero attached hydrogens (tertiary/aromatic N) is 1. The van der Waals surface area contributed by atoms with Crippen LogP contribution in [0.4, 0.5) is 0 Å². The Labute approximate surface area is 104 Å². The molecule has 0 radical (unpaired) electrons. The van der Waals surface area contributed by atoms with E-state index < -0.39 is 0 Å². The fourth-order valence-corrected chi connectivity index (χ4v) is 3.24. The Morgan fingerprint density at radius 2 is 1.94 bits per heavy atom. The van der Waals surface area contributed by atoms with E-state index in [0.717, 1.165) is 39.1 Å². The molecule has 1 unspecified atom stereocenters. The first kappa shape index (κ1) is 12.9. The summed E-state index contributed by atoms with van der Waals surface area (Å²) in [7, 11) is 0. The van der Waals surface area contributed by atoms with Gasteiger partial charge in [-0.1, -0.05) is 12.8 Å². The molecule has 0 aromatic heterocycles. The van der Waals surface area contributed by atoms with Crippen LogP contribution in [-0.2, 0) is 4.74 Å². The molecule has 0 aromatic carbocycles. The Balaban J connectivity index is 2.09. The van der Waals surface area contributed by atoms with Crippen LogP contribution >= 0.6 is 0 Å². The molecule has 3 nitrogen and oxygen atoms in total. The average molecular weight is 237 g/mol. The van der Waals surface area contributed by atoms with Crippen molar-refractivity contribution in [3.05, 3.63) is 0 Å². The fraction of sp³-hybridized carbons (Fsp3) is 0.857. The van der Waals surface area contributed by atoms with Gasteiger partial charge in [-0.3, -0.25) is 4.90 Å². The lowest BCUT2D eigenvalue weighted by atomic mass is 9.86. The predicted octanol–water partition coefficient (Wildman–Crippen LogP) is 1.41. The molecular weight excluding hydrogens is 214 g/mol. The van der Waals surface area contributed by atoms with Crippen LogP contribution < -0.4 is 0 Å². The van der Waals surface area contributed by atoms with E-state index >= 15 is 0 Å². The quantitative estimate of drug-likeness (QED) is 0.753. The summed E-state index contributed by atoms with van der Waals surface area (Å²) in [6.45, 7) is 5.35. The molecule has 3 heteroatoms. The maximum atomic E-state index is 10.5. The molecule has 1 atom stereocenters. The molecule has 0 aromatic rings. The number of ether oxygens (including phenoxy) is 1. The van der Waals surface area contributed by atoms with Crippen molar-refractivity contribution in [2.75, 3.05) is 26.3 Å². The van der Waals surface area contributed by atoms with Gasteiger partial charge in [0.15, 0.2) is 0 Å². The molecule has 2 aliphatic rings. The molecule has 17 heavy (non-hydrogen) atoms. The Morgan fingerprint density at radius 3 is 2.53 bits per heavy atom. The summed E-state index contributed by atoms with van der Waals surface area (Å²) in [5.41, 5.74) is -0.0202. The summed E-state index contributed by atoms with van der Waals surface area (Å²) in [6.07, 6.45) is 4.98. The Hall–Kier alpha value is -0.560. The number of hydrogen-bond donors (Lipinski definition) is 1. The predicted molar refractivity (Wildman–Crippen MR) is 67.7 cm³/mol. The van der Waals surface area contributed by atoms with E-state index in [1.54, 1.807) is 0 Å². The van der Waals surface area contributed by atoms with Crippen molar-refractivity contribution < 1.29 is 9.84 Å². The fourth-order valence-electron chi connectivity index (χ4n) is 3.24. The topological polar surface area (TPSA) is 32.7 Å². The number of rotatable bonds is 3. The van der Waals surface area contributed by atoms with Crippen molar-refractivity contribution in [2.45, 2.75) is 50.7 Å². The smallest absolute Gasteiger partial charge is 0.0832 e. The van der Waals surface area contributed by atoms with Crippen molar-refractivity contribution in [3.8, 4) is 11.8 Å². The average Bonchev–Trinajstić information content (AvgIpc) is 2.87. The normalized spacial score (nSPS) is 26.2. The molecule has 0 bridgehead atoms. The zero-order chi connectivity index (χ0) is 12.1. The maximum Gasteiger partial charge on any atom is 0.0832 e. The molecule has 1 N–H and O–H groups in total. The third-order valence-electron chi connectivity index (χ3n) is 4.20. The van der Waals surface area contributed by atoms with Crippen LogP contribution in [0.15, 0.2) is 0 Å². The van der Waals surface area contributed by atoms with Crippen molar-refractivity contribution in [2.24, 2.45) is 0 Å². The third-order valence-corrected chi connectivity index (χ3v) is 4.20. The highest BCUT2D eigenvalue weighted by molar-refractivity contribution is 5.07. The highest BCUT2D eigenvalue weighted by Crippen LogP contribution is 2.39. The highest BCUT2D eigenvalue weighted by Gasteiger charge is 2.45. The maximum absolute atomic E-state index is 10.5. The monoisotopic (exact) mass is 237 g/mol. The van der Waals surface area contributed by atoms with Gasteiger partial charge in [-0.15, -0.1) is 11.8 Å². The van der Waals surface area contributed by atoms with Gasteiger partial charge in [0.05, 0.1) is 19.3 Å². The van der Waals surface area contributed by atoms with E-state index in [9.17, 15) is 5.11 Å². The molecule has 96 valence electrons. The van der Waals surface area contributed by atoms with Crippen LogP contribution in [0, 0.1) is 11.8 Å². The van der Waals surface area contributed by atoms with Crippen molar-refractivity contribution in [3.63, 3.8) is 0 Å². The van der Waals surface area contributed by atoms with Gasteiger partial charge in [-0.05, 0) is 19.8 Å². The lowest BCUT2D eigenvalue weighted by Crippen LogP contribution is -2.58. The Kier molecular flexibility index (Phi) is 4.44. The van der Waals surface area contributed by atoms with Crippen molar-refractivity contribution >= 4 is 0 Å². The van der Waals surface area contributed by atoms with Crippen LogP contribution in [0.25, 0.3) is 0 Å². The Morgan fingerprint density at radius 1 is 1.29 bits per heavy atom. The largest absolute Gasteiger partial charge is 0.390 e. The van der Waals surface area contributed by atoms with Crippen molar-refractivity contribution in [1.82, 2.24) is 4.90 Å². The lowest BCUT2D eigenvalue weighted by molar-refractivity contribution is -0.0740. The van der Waals surface area contributed by atoms with Gasteiger partial charge < -0.3 is 9.84 Å². The van der Waals surface area contributed by atoms with Crippen LogP contribution in [0.5, 0.6) is 0 Å². The standard InChI is InChI=1S/C14H23NO2/c1-2-3-6-13(16)14(7-4-5-8-14)15-9-11-17-12-10-15/h13,16H,4-12H2,1H3. The van der Waals surface area contributed by atoms with E-state index in [2.05, 4.69) is 16.7 Å². The van der Waals surface area contributed by atoms with Gasteiger partial charge in [-0.25, -0.2) is 0 Å². The lowest BCUT2D eigenvalue weighted by Gasteiger charge is -2.46. The Bertz CT molecular complexity index is 293. The summed E-state index contributed by atoms with van der Waals surface area (Å²) >= 11 is 0. The summed E-state index contributed by atoms with van der Waals surface area (Å²) < 4.78 is 5.41. The van der Waals surface area contributed by atoms with Crippen LogP contribution in [-0.4, -0.2) is 48.0 Å². The zero-order valence-corrected chi connectivity index (χ0v) is 10.7. The minimum Gasteiger partial charge on any atom is -0.390 e. The SMILES string of the molecule is CC#CCC(O)C1(N2CCOCC2)CCCC1. The highest BCUT2D eigenvalue weighted by atomic mass is 16.5. The summed E-state index contributed by atoms with van der Waals surface area (Å²) in [6, 6.07) is 0. The number of aliphatic hydroxyl groups excluding tert-OH is 1. The van der Waals surface area contributed by atoms with Crippen molar-refractivity contribution in [1.29, 1.82) is 0 Å². The summed E-state index contributed by atoms with van der Waals surface area (Å²) in [5.74, 6) is 5.92. The molecule has 2 rings (SSSR count). The molecular formula is C14H23NO2. The van der Waals surface area contributed by atoms with Crippen LogP contribution in [0.2, 0.25) is 0 Å². The minimum atomic E-state index is -0.310. The van der Waals surface area contributed by atoms with E-state index in [0.29, 0.717) is 6.42 Å². The van der Waals surface area contributed by atoms with Gasteiger partial charge in [0.1, 0.15) is 0 Å². The zero-order valence-electron chi connectivity index (χ0n) is 10.7. The first-order valence-corrected chi connectivity index (χ1v) is 6.70. The second-order valence-electron chi connectivity index (χ2n) is 5.06. The third kappa shape index (κ3) is 2.65. The van der Waals surface area contributed by atoms with Crippen LogP contribution in [0.3, 0.4) is 0 Å². The summed E-state index contributed by atoms with van der Waals surface area (Å²) in [5, 5.41) is 10.5. The first-order valence-electron chi connectivity index (χ1n) is 6.70. The minimum absolute atomic E-state index is 0.0202. The number of aliphatic hydroxyl groups is 1. The van der Waals surface area contributed by atoms with E-state index in [-0.39, 0.29) is 11.6 Å². The number of hydrogen-bond acceptors (Lipinski definition) is 3. The van der Waals surface area contributed by atoms with Gasteiger partial charge in [-0.2, -0.15) is 0 Å². The number of morpholine rings is 1. The van der Waals surface area contributed by atoms with Crippen LogP contribution in [0.1, 0.15) is 39.0 Å². The van der Waals surface area contributed by atoms with E-state index in [1.807, 2.05) is 6.92 Å².